The predicted molar refractivity (Wildman–Crippen MR) is 82.8 cm³/mol. The van der Waals surface area contributed by atoms with Crippen molar-refractivity contribution < 1.29 is 14.7 Å². The lowest BCUT2D eigenvalue weighted by Gasteiger charge is -2.08. The van der Waals surface area contributed by atoms with Crippen molar-refractivity contribution in [3.8, 4) is 5.75 Å². The molecule has 8 heteroatoms. The summed E-state index contributed by atoms with van der Waals surface area (Å²) in [6, 6.07) is 6.29. The fourth-order valence-electron chi connectivity index (χ4n) is 1.57. The first kappa shape index (κ1) is 15.1. The Balaban J connectivity index is 2.24. The van der Waals surface area contributed by atoms with Crippen LogP contribution in [0, 0.1) is 0 Å². The largest absolute Gasteiger partial charge is 0.496 e. The number of anilines is 1. The fourth-order valence-corrected chi connectivity index (χ4v) is 2.48. The molecule has 0 saturated heterocycles. The van der Waals surface area contributed by atoms with Gasteiger partial charge in [0.1, 0.15) is 5.75 Å². The molecule has 1 aromatic carbocycles. The van der Waals surface area contributed by atoms with Gasteiger partial charge in [0.05, 0.1) is 22.7 Å². The molecule has 0 bridgehead atoms. The Hall–Kier alpha value is -2.25. The van der Waals surface area contributed by atoms with E-state index in [0.29, 0.717) is 26.9 Å². The number of methoxy groups -OCH3 is 1. The predicted octanol–water partition coefficient (Wildman–Crippen LogP) is 2.76. The minimum Gasteiger partial charge on any atom is -0.496 e. The number of carbonyl (C=O) groups is 1. The fraction of sp³-hybridized carbons (Fsp3) is 0.0769. The summed E-state index contributed by atoms with van der Waals surface area (Å²) in [6.07, 6.45) is 0. The van der Waals surface area contributed by atoms with E-state index in [-0.39, 0.29) is 11.7 Å². The van der Waals surface area contributed by atoms with E-state index in [2.05, 4.69) is 10.5 Å². The van der Waals surface area contributed by atoms with Crippen LogP contribution in [0.25, 0.3) is 0 Å². The molecule has 1 amide bonds. The molecule has 4 N–H and O–H groups in total. The average molecular weight is 326 g/mol. The van der Waals surface area contributed by atoms with Gasteiger partial charge in [0.2, 0.25) is 0 Å². The number of amidine groups is 1. The van der Waals surface area contributed by atoms with Gasteiger partial charge in [-0.25, -0.2) is 0 Å². The molecule has 0 atom stereocenters. The van der Waals surface area contributed by atoms with Crippen molar-refractivity contribution in [3.63, 3.8) is 0 Å². The summed E-state index contributed by atoms with van der Waals surface area (Å²) in [6.45, 7) is 0. The Morgan fingerprint density at radius 3 is 2.86 bits per heavy atom. The van der Waals surface area contributed by atoms with Crippen LogP contribution in [0.4, 0.5) is 5.69 Å². The molecule has 2 rings (SSSR count). The van der Waals surface area contributed by atoms with Crippen LogP contribution in [-0.4, -0.2) is 24.1 Å². The highest BCUT2D eigenvalue weighted by Crippen LogP contribution is 2.26. The molecule has 0 radical (unpaired) electrons. The number of rotatable bonds is 4. The minimum absolute atomic E-state index is 0.0695. The number of nitrogens with one attached hydrogen (secondary N) is 1. The summed E-state index contributed by atoms with van der Waals surface area (Å²) in [7, 11) is 1.53. The zero-order valence-electron chi connectivity index (χ0n) is 11.0. The topological polar surface area (TPSA) is 96.9 Å². The van der Waals surface area contributed by atoms with E-state index in [4.69, 9.17) is 27.3 Å². The Bertz CT molecular complexity index is 700. The second-order valence-corrected chi connectivity index (χ2v) is 5.30. The maximum atomic E-state index is 12.1. The number of ether oxygens (including phenoxy) is 1. The highest BCUT2D eigenvalue weighted by Gasteiger charge is 2.13. The minimum atomic E-state index is -0.318. The lowest BCUT2D eigenvalue weighted by Crippen LogP contribution is -2.15. The van der Waals surface area contributed by atoms with Crippen LogP contribution < -0.4 is 15.8 Å². The molecule has 0 unspecified atom stereocenters. The van der Waals surface area contributed by atoms with Crippen LogP contribution in [0.5, 0.6) is 5.75 Å². The standard InChI is InChI=1S/C13H12ClN3O3S/c1-20-8-5-11(21-6-8)13(18)16-10-4-7(12(15)17-19)2-3-9(10)14/h2-6,19H,1H3,(H2,15,17)(H,16,18). The molecule has 0 aliphatic heterocycles. The molecule has 21 heavy (non-hydrogen) atoms. The SMILES string of the molecule is COc1csc(C(=O)Nc2cc(/C(N)=N/O)ccc2Cl)c1. The lowest BCUT2D eigenvalue weighted by atomic mass is 10.2. The average Bonchev–Trinajstić information content (AvgIpc) is 2.97. The van der Waals surface area contributed by atoms with E-state index in [1.54, 1.807) is 23.6 Å². The molecule has 0 fully saturated rings. The molecule has 1 aromatic heterocycles. The number of hydrogen-bond donors (Lipinski definition) is 3. The molecule has 0 aliphatic carbocycles. The summed E-state index contributed by atoms with van der Waals surface area (Å²) in [5, 5.41) is 16.3. The molecule has 0 saturated carbocycles. The highest BCUT2D eigenvalue weighted by molar-refractivity contribution is 7.12. The van der Waals surface area contributed by atoms with Crippen LogP contribution >= 0.6 is 22.9 Å². The Labute approximate surface area is 129 Å². The van der Waals surface area contributed by atoms with Crippen LogP contribution in [0.2, 0.25) is 5.02 Å². The van der Waals surface area contributed by atoms with Crippen LogP contribution in [0.15, 0.2) is 34.8 Å². The van der Waals surface area contributed by atoms with Crippen LogP contribution in [0.1, 0.15) is 15.2 Å². The second-order valence-electron chi connectivity index (χ2n) is 3.98. The maximum absolute atomic E-state index is 12.1. The van der Waals surface area contributed by atoms with E-state index < -0.39 is 0 Å². The quantitative estimate of drug-likeness (QED) is 0.348. The summed E-state index contributed by atoms with van der Waals surface area (Å²) in [5.74, 6) is 0.225. The van der Waals surface area contributed by atoms with Crippen LogP contribution in [0.3, 0.4) is 0 Å². The molecule has 110 valence electrons. The van der Waals surface area contributed by atoms with Crippen molar-refractivity contribution in [1.82, 2.24) is 0 Å². The zero-order valence-corrected chi connectivity index (χ0v) is 12.5. The van der Waals surface area contributed by atoms with Crippen molar-refractivity contribution in [1.29, 1.82) is 0 Å². The number of thiophene rings is 1. The first-order valence-corrected chi connectivity index (χ1v) is 7.02. The lowest BCUT2D eigenvalue weighted by molar-refractivity contribution is 0.103. The van der Waals surface area contributed by atoms with E-state index in [1.807, 2.05) is 0 Å². The summed E-state index contributed by atoms with van der Waals surface area (Å²) in [5.41, 5.74) is 6.32. The van der Waals surface area contributed by atoms with E-state index in [9.17, 15) is 4.79 Å². The van der Waals surface area contributed by atoms with Gasteiger partial charge >= 0.3 is 0 Å². The van der Waals surface area contributed by atoms with Gasteiger partial charge < -0.3 is 21.0 Å². The molecular formula is C13H12ClN3O3S. The van der Waals surface area contributed by atoms with E-state index in [0.717, 1.165) is 0 Å². The van der Waals surface area contributed by atoms with Gasteiger partial charge in [-0.2, -0.15) is 0 Å². The molecule has 6 nitrogen and oxygen atoms in total. The molecule has 0 spiro atoms. The van der Waals surface area contributed by atoms with E-state index >= 15 is 0 Å². The van der Waals surface area contributed by atoms with E-state index in [1.165, 1.54) is 24.5 Å². The zero-order chi connectivity index (χ0) is 15.4. The van der Waals surface area contributed by atoms with Crippen molar-refractivity contribution in [2.45, 2.75) is 0 Å². The number of hydrogen-bond acceptors (Lipinski definition) is 5. The van der Waals surface area contributed by atoms with Crippen molar-refractivity contribution >= 4 is 40.4 Å². The molecule has 0 aliphatic rings. The summed E-state index contributed by atoms with van der Waals surface area (Å²) < 4.78 is 5.03. The molecule has 1 heterocycles. The van der Waals surface area contributed by atoms with Gasteiger partial charge in [-0.05, 0) is 18.2 Å². The monoisotopic (exact) mass is 325 g/mol. The smallest absolute Gasteiger partial charge is 0.265 e. The third-order valence-corrected chi connectivity index (χ3v) is 3.89. The van der Waals surface area contributed by atoms with Crippen molar-refractivity contribution in [3.05, 3.63) is 45.1 Å². The molecule has 2 aromatic rings. The Morgan fingerprint density at radius 2 is 2.24 bits per heavy atom. The Kier molecular flexibility index (Phi) is 4.66. The van der Waals surface area contributed by atoms with Crippen molar-refractivity contribution in [2.75, 3.05) is 12.4 Å². The van der Waals surface area contributed by atoms with Gasteiger partial charge in [-0.15, -0.1) is 11.3 Å². The maximum Gasteiger partial charge on any atom is 0.265 e. The Morgan fingerprint density at radius 1 is 1.48 bits per heavy atom. The van der Waals surface area contributed by atoms with Gasteiger partial charge in [0.15, 0.2) is 5.84 Å². The first-order valence-electron chi connectivity index (χ1n) is 5.76. The number of amides is 1. The normalized spacial score (nSPS) is 11.2. The number of halogens is 1. The molecular weight excluding hydrogens is 314 g/mol. The number of oxime groups is 1. The van der Waals surface area contributed by atoms with Crippen LogP contribution in [-0.2, 0) is 0 Å². The summed E-state index contributed by atoms with van der Waals surface area (Å²) in [4.78, 5) is 12.6. The van der Waals surface area contributed by atoms with Gasteiger partial charge in [-0.1, -0.05) is 16.8 Å². The van der Waals surface area contributed by atoms with Gasteiger partial charge in [0, 0.05) is 17.0 Å². The van der Waals surface area contributed by atoms with Gasteiger partial charge in [0.25, 0.3) is 5.91 Å². The number of nitrogens with two attached hydrogens (primary N) is 1. The van der Waals surface area contributed by atoms with Gasteiger partial charge in [-0.3, -0.25) is 4.79 Å². The second kappa shape index (κ2) is 6.47. The third kappa shape index (κ3) is 3.45. The number of nitrogens with zero attached hydrogens (tertiary/aromatic N) is 1. The highest BCUT2D eigenvalue weighted by atomic mass is 35.5. The first-order chi connectivity index (χ1) is 10.0. The summed E-state index contributed by atoms with van der Waals surface area (Å²) >= 11 is 7.28. The third-order valence-electron chi connectivity index (χ3n) is 2.65. The number of benzene rings is 1. The van der Waals surface area contributed by atoms with Crippen molar-refractivity contribution in [2.24, 2.45) is 10.9 Å². The number of carbonyl (C=O) groups excluding carboxylic acids is 1.